The fraction of sp³-hybridized carbons (Fsp3) is 0.333. The normalized spacial score (nSPS) is 12.1. The average Bonchev–Trinajstić information content (AvgIpc) is 2.83. The van der Waals surface area contributed by atoms with Crippen molar-refractivity contribution in [2.24, 2.45) is 0 Å². The Kier molecular flexibility index (Phi) is 3.74. The number of carbonyl (C=O) groups is 1. The summed E-state index contributed by atoms with van der Waals surface area (Å²) < 4.78 is 1.42. The SMILES string of the molecule is CC(c1ccncc1)N(C)C(=O)Cn1cnc(N)n1. The van der Waals surface area contributed by atoms with Crippen LogP contribution in [0.4, 0.5) is 5.95 Å². The Morgan fingerprint density at radius 3 is 2.74 bits per heavy atom. The molecule has 19 heavy (non-hydrogen) atoms. The Hall–Kier alpha value is -2.44. The van der Waals surface area contributed by atoms with Crippen LogP contribution in [0.5, 0.6) is 0 Å². The molecule has 2 aromatic heterocycles. The quantitative estimate of drug-likeness (QED) is 0.863. The zero-order chi connectivity index (χ0) is 13.8. The zero-order valence-electron chi connectivity index (χ0n) is 10.9. The summed E-state index contributed by atoms with van der Waals surface area (Å²) in [4.78, 5) is 21.5. The maximum Gasteiger partial charge on any atom is 0.244 e. The molecule has 100 valence electrons. The van der Waals surface area contributed by atoms with Gasteiger partial charge in [-0.25, -0.2) is 9.67 Å². The molecule has 0 aliphatic rings. The summed E-state index contributed by atoms with van der Waals surface area (Å²) in [5.74, 6) is 0.104. The first-order valence-corrected chi connectivity index (χ1v) is 5.88. The molecule has 0 aromatic carbocycles. The number of rotatable bonds is 4. The molecule has 0 saturated carbocycles. The van der Waals surface area contributed by atoms with E-state index in [-0.39, 0.29) is 24.4 Å². The summed E-state index contributed by atoms with van der Waals surface area (Å²) in [5.41, 5.74) is 6.44. The van der Waals surface area contributed by atoms with Gasteiger partial charge in [-0.1, -0.05) is 0 Å². The lowest BCUT2D eigenvalue weighted by atomic mass is 10.1. The topological polar surface area (TPSA) is 89.9 Å². The number of amides is 1. The summed E-state index contributed by atoms with van der Waals surface area (Å²) in [7, 11) is 1.76. The van der Waals surface area contributed by atoms with Crippen LogP contribution in [0.25, 0.3) is 0 Å². The van der Waals surface area contributed by atoms with Crippen LogP contribution in [0.15, 0.2) is 30.9 Å². The van der Waals surface area contributed by atoms with Gasteiger partial charge in [-0.15, -0.1) is 5.10 Å². The molecule has 1 atom stereocenters. The molecule has 2 aromatic rings. The largest absolute Gasteiger partial charge is 0.367 e. The summed E-state index contributed by atoms with van der Waals surface area (Å²) in [6, 6.07) is 3.75. The van der Waals surface area contributed by atoms with Crippen LogP contribution in [-0.4, -0.2) is 37.6 Å². The summed E-state index contributed by atoms with van der Waals surface area (Å²) in [6.45, 7) is 2.08. The average molecular weight is 260 g/mol. The number of likely N-dealkylation sites (N-methyl/N-ethyl adjacent to an activating group) is 1. The fourth-order valence-electron chi connectivity index (χ4n) is 1.72. The predicted octanol–water partition coefficient (Wildman–Crippen LogP) is 0.475. The third kappa shape index (κ3) is 3.06. The number of hydrogen-bond acceptors (Lipinski definition) is 5. The first-order valence-electron chi connectivity index (χ1n) is 5.88. The van der Waals surface area contributed by atoms with E-state index in [0.717, 1.165) is 5.56 Å². The van der Waals surface area contributed by atoms with Gasteiger partial charge in [0.25, 0.3) is 0 Å². The number of pyridine rings is 1. The maximum absolute atomic E-state index is 12.1. The van der Waals surface area contributed by atoms with Crippen molar-refractivity contribution in [3.63, 3.8) is 0 Å². The molecule has 0 aliphatic heterocycles. The molecule has 2 rings (SSSR count). The number of nitrogens with zero attached hydrogens (tertiary/aromatic N) is 5. The third-order valence-electron chi connectivity index (χ3n) is 3.01. The molecule has 0 fully saturated rings. The van der Waals surface area contributed by atoms with E-state index in [1.165, 1.54) is 11.0 Å². The minimum Gasteiger partial charge on any atom is -0.367 e. The van der Waals surface area contributed by atoms with Gasteiger partial charge in [0.1, 0.15) is 12.9 Å². The van der Waals surface area contributed by atoms with E-state index in [9.17, 15) is 4.79 Å². The van der Waals surface area contributed by atoms with Gasteiger partial charge >= 0.3 is 0 Å². The van der Waals surface area contributed by atoms with Crippen LogP contribution in [-0.2, 0) is 11.3 Å². The van der Waals surface area contributed by atoms with Crippen molar-refractivity contribution in [2.45, 2.75) is 19.5 Å². The van der Waals surface area contributed by atoms with Crippen molar-refractivity contribution in [1.82, 2.24) is 24.6 Å². The van der Waals surface area contributed by atoms with E-state index in [0.29, 0.717) is 0 Å². The predicted molar refractivity (Wildman–Crippen MR) is 69.9 cm³/mol. The molecule has 2 heterocycles. The number of anilines is 1. The van der Waals surface area contributed by atoms with E-state index < -0.39 is 0 Å². The zero-order valence-corrected chi connectivity index (χ0v) is 10.9. The van der Waals surface area contributed by atoms with Gasteiger partial charge in [0.2, 0.25) is 11.9 Å². The lowest BCUT2D eigenvalue weighted by Crippen LogP contribution is -2.32. The highest BCUT2D eigenvalue weighted by Crippen LogP contribution is 2.17. The molecule has 2 N–H and O–H groups in total. The lowest BCUT2D eigenvalue weighted by Gasteiger charge is -2.25. The highest BCUT2D eigenvalue weighted by atomic mass is 16.2. The molecule has 7 heteroatoms. The van der Waals surface area contributed by atoms with Crippen LogP contribution in [0, 0.1) is 0 Å². The Balaban J connectivity index is 2.03. The Bertz CT molecular complexity index is 552. The molecule has 0 spiro atoms. The van der Waals surface area contributed by atoms with E-state index in [1.54, 1.807) is 24.3 Å². The smallest absolute Gasteiger partial charge is 0.244 e. The van der Waals surface area contributed by atoms with Crippen LogP contribution in [0.2, 0.25) is 0 Å². The van der Waals surface area contributed by atoms with Crippen molar-refractivity contribution >= 4 is 11.9 Å². The van der Waals surface area contributed by atoms with Gasteiger partial charge in [0, 0.05) is 19.4 Å². The van der Waals surface area contributed by atoms with Crippen molar-refractivity contribution in [1.29, 1.82) is 0 Å². The molecule has 0 saturated heterocycles. The second-order valence-corrected chi connectivity index (χ2v) is 4.26. The van der Waals surface area contributed by atoms with Crippen LogP contribution in [0.3, 0.4) is 0 Å². The van der Waals surface area contributed by atoms with Crippen LogP contribution in [0.1, 0.15) is 18.5 Å². The third-order valence-corrected chi connectivity index (χ3v) is 3.01. The standard InChI is InChI=1S/C12H16N6O/c1-9(10-3-5-14-6-4-10)17(2)11(19)7-18-8-15-12(13)16-18/h3-6,8-9H,7H2,1-2H3,(H2,13,16). The molecule has 7 nitrogen and oxygen atoms in total. The van der Waals surface area contributed by atoms with Crippen molar-refractivity contribution < 1.29 is 4.79 Å². The van der Waals surface area contributed by atoms with Gasteiger partial charge in [-0.3, -0.25) is 9.78 Å². The van der Waals surface area contributed by atoms with Crippen molar-refractivity contribution in [3.8, 4) is 0 Å². The second kappa shape index (κ2) is 5.47. The minimum atomic E-state index is -0.0609. The molecule has 0 aliphatic carbocycles. The highest BCUT2D eigenvalue weighted by molar-refractivity contribution is 5.76. The highest BCUT2D eigenvalue weighted by Gasteiger charge is 2.17. The molecule has 1 unspecified atom stereocenters. The van der Waals surface area contributed by atoms with E-state index in [1.807, 2.05) is 19.1 Å². The second-order valence-electron chi connectivity index (χ2n) is 4.26. The van der Waals surface area contributed by atoms with E-state index in [4.69, 9.17) is 5.73 Å². The molecular weight excluding hydrogens is 244 g/mol. The van der Waals surface area contributed by atoms with Gasteiger partial charge in [0.15, 0.2) is 0 Å². The fourth-order valence-corrected chi connectivity index (χ4v) is 1.72. The Morgan fingerprint density at radius 1 is 1.47 bits per heavy atom. The number of nitrogen functional groups attached to an aromatic ring is 1. The van der Waals surface area contributed by atoms with Gasteiger partial charge in [-0.2, -0.15) is 0 Å². The Labute approximate surface area is 111 Å². The van der Waals surface area contributed by atoms with E-state index in [2.05, 4.69) is 15.1 Å². The number of hydrogen-bond donors (Lipinski definition) is 1. The van der Waals surface area contributed by atoms with Crippen LogP contribution >= 0.6 is 0 Å². The lowest BCUT2D eigenvalue weighted by molar-refractivity contribution is -0.132. The van der Waals surface area contributed by atoms with Crippen molar-refractivity contribution in [2.75, 3.05) is 12.8 Å². The molecular formula is C12H16N6O. The number of aromatic nitrogens is 4. The summed E-state index contributed by atoms with van der Waals surface area (Å²) in [5, 5.41) is 3.89. The summed E-state index contributed by atoms with van der Waals surface area (Å²) >= 11 is 0. The molecule has 1 amide bonds. The molecule has 0 radical (unpaired) electrons. The molecule has 0 bridgehead atoms. The van der Waals surface area contributed by atoms with Crippen LogP contribution < -0.4 is 5.73 Å². The number of carbonyl (C=O) groups excluding carboxylic acids is 1. The first kappa shape index (κ1) is 13.0. The monoisotopic (exact) mass is 260 g/mol. The van der Waals surface area contributed by atoms with Gasteiger partial charge in [0.05, 0.1) is 6.04 Å². The van der Waals surface area contributed by atoms with E-state index >= 15 is 0 Å². The maximum atomic E-state index is 12.1. The van der Waals surface area contributed by atoms with Crippen molar-refractivity contribution in [3.05, 3.63) is 36.4 Å². The van der Waals surface area contributed by atoms with Gasteiger partial charge in [-0.05, 0) is 24.6 Å². The number of nitrogens with two attached hydrogens (primary N) is 1. The summed E-state index contributed by atoms with van der Waals surface area (Å²) in [6.07, 6.45) is 4.86. The minimum absolute atomic E-state index is 0.0311. The first-order chi connectivity index (χ1) is 9.08. The Morgan fingerprint density at radius 2 is 2.16 bits per heavy atom. The van der Waals surface area contributed by atoms with Gasteiger partial charge < -0.3 is 10.6 Å².